The molecule has 0 spiro atoms. The van der Waals surface area contributed by atoms with E-state index in [0.717, 1.165) is 10.6 Å². The molecule has 1 heterocycles. The molecule has 8 heteroatoms. The van der Waals surface area contributed by atoms with Crippen LogP contribution >= 0.6 is 11.6 Å². The highest BCUT2D eigenvalue weighted by Crippen LogP contribution is 2.25. The Kier molecular flexibility index (Phi) is 5.90. The van der Waals surface area contributed by atoms with Crippen molar-refractivity contribution in [2.45, 2.75) is 25.9 Å². The summed E-state index contributed by atoms with van der Waals surface area (Å²) >= 11 is 5.96. The summed E-state index contributed by atoms with van der Waals surface area (Å²) in [6, 6.07) is 8.97. The lowest BCUT2D eigenvalue weighted by molar-refractivity contribution is -0.122. The van der Waals surface area contributed by atoms with Crippen molar-refractivity contribution in [1.29, 1.82) is 0 Å². The molecular weight excluding hydrogens is 352 g/mol. The van der Waals surface area contributed by atoms with Gasteiger partial charge in [0.1, 0.15) is 11.8 Å². The molecule has 130 valence electrons. The molecule has 6 nitrogen and oxygen atoms in total. The molecule has 0 aliphatic heterocycles. The predicted molar refractivity (Wildman–Crippen MR) is 93.4 cm³/mol. The summed E-state index contributed by atoms with van der Waals surface area (Å²) in [6.45, 7) is 1.94. The van der Waals surface area contributed by atoms with Crippen LogP contribution in [0.4, 0.5) is 5.69 Å². The molecule has 0 aliphatic rings. The largest absolute Gasteiger partial charge is 0.467 e. The molecular formula is C16H19ClN2O4S. The second-order valence-corrected chi connectivity index (χ2v) is 7.56. The summed E-state index contributed by atoms with van der Waals surface area (Å²) < 4.78 is 30.8. The van der Waals surface area contributed by atoms with Gasteiger partial charge in [0.05, 0.1) is 24.8 Å². The fourth-order valence-electron chi connectivity index (χ4n) is 2.38. The second-order valence-electron chi connectivity index (χ2n) is 5.26. The van der Waals surface area contributed by atoms with Gasteiger partial charge in [-0.25, -0.2) is 8.42 Å². The van der Waals surface area contributed by atoms with Crippen molar-refractivity contribution in [3.8, 4) is 0 Å². The zero-order chi connectivity index (χ0) is 17.7. The van der Waals surface area contributed by atoms with Gasteiger partial charge >= 0.3 is 0 Å². The minimum atomic E-state index is -3.67. The lowest BCUT2D eigenvalue weighted by Crippen LogP contribution is -2.49. The number of hydrogen-bond donors (Lipinski definition) is 1. The number of nitrogens with one attached hydrogen (secondary N) is 1. The Hall–Kier alpha value is -1.99. The highest BCUT2D eigenvalue weighted by Gasteiger charge is 2.31. The molecule has 1 unspecified atom stereocenters. The molecule has 24 heavy (non-hydrogen) atoms. The molecule has 1 amide bonds. The Balaban J connectivity index is 2.27. The number of furan rings is 1. The number of carbonyl (C=O) groups excluding carboxylic acids is 1. The summed E-state index contributed by atoms with van der Waals surface area (Å²) in [5, 5.41) is 3.10. The molecule has 0 fully saturated rings. The number of nitrogens with zero attached hydrogens (tertiary/aromatic N) is 1. The smallest absolute Gasteiger partial charge is 0.244 e. The zero-order valence-electron chi connectivity index (χ0n) is 13.4. The van der Waals surface area contributed by atoms with Crippen molar-refractivity contribution < 1.29 is 17.6 Å². The number of anilines is 1. The molecule has 1 N–H and O–H groups in total. The van der Waals surface area contributed by atoms with E-state index in [0.29, 0.717) is 22.9 Å². The van der Waals surface area contributed by atoms with E-state index < -0.39 is 22.0 Å². The Morgan fingerprint density at radius 2 is 2.08 bits per heavy atom. The van der Waals surface area contributed by atoms with Crippen LogP contribution in [0.3, 0.4) is 0 Å². The maximum atomic E-state index is 12.5. The third kappa shape index (κ3) is 4.52. The van der Waals surface area contributed by atoms with Gasteiger partial charge in [-0.1, -0.05) is 24.6 Å². The number of carbonyl (C=O) groups is 1. The van der Waals surface area contributed by atoms with Crippen LogP contribution in [-0.2, 0) is 21.4 Å². The second kappa shape index (κ2) is 7.72. The van der Waals surface area contributed by atoms with Gasteiger partial charge in [0.2, 0.25) is 15.9 Å². The van der Waals surface area contributed by atoms with Crippen LogP contribution in [0.25, 0.3) is 0 Å². The SMILES string of the molecule is CCC(C(=O)NCc1ccco1)N(c1cccc(Cl)c1)S(C)(=O)=O. The molecule has 1 atom stereocenters. The number of halogens is 1. The third-order valence-corrected chi connectivity index (χ3v) is 4.82. The maximum Gasteiger partial charge on any atom is 0.244 e. The van der Waals surface area contributed by atoms with Crippen LogP contribution in [-0.4, -0.2) is 26.6 Å². The highest BCUT2D eigenvalue weighted by atomic mass is 35.5. The standard InChI is InChI=1S/C16H19ClN2O4S/c1-3-15(16(20)18-11-14-8-5-9-23-14)19(24(2,21)22)13-7-4-6-12(17)10-13/h4-10,15H,3,11H2,1-2H3,(H,18,20). The molecule has 0 saturated carbocycles. The van der Waals surface area contributed by atoms with Crippen LogP contribution in [0.15, 0.2) is 47.1 Å². The lowest BCUT2D eigenvalue weighted by atomic mass is 10.2. The monoisotopic (exact) mass is 370 g/mol. The van der Waals surface area contributed by atoms with E-state index in [4.69, 9.17) is 16.0 Å². The molecule has 0 aliphatic carbocycles. The Labute approximate surface area is 146 Å². The van der Waals surface area contributed by atoms with Gasteiger partial charge in [-0.2, -0.15) is 0 Å². The van der Waals surface area contributed by atoms with Gasteiger partial charge in [0, 0.05) is 5.02 Å². The third-order valence-electron chi connectivity index (χ3n) is 3.41. The highest BCUT2D eigenvalue weighted by molar-refractivity contribution is 7.92. The number of sulfonamides is 1. The summed E-state index contributed by atoms with van der Waals surface area (Å²) in [4.78, 5) is 12.5. The minimum Gasteiger partial charge on any atom is -0.467 e. The molecule has 0 saturated heterocycles. The average molecular weight is 371 g/mol. The van der Waals surface area contributed by atoms with Crippen LogP contribution in [0.2, 0.25) is 5.02 Å². The number of amides is 1. The maximum absolute atomic E-state index is 12.5. The van der Waals surface area contributed by atoms with E-state index in [-0.39, 0.29) is 6.54 Å². The van der Waals surface area contributed by atoms with Gasteiger partial charge in [0.25, 0.3) is 0 Å². The molecule has 0 radical (unpaired) electrons. The van der Waals surface area contributed by atoms with Crippen molar-refractivity contribution in [2.75, 3.05) is 10.6 Å². The van der Waals surface area contributed by atoms with Gasteiger partial charge in [-0.3, -0.25) is 9.10 Å². The summed E-state index contributed by atoms with van der Waals surface area (Å²) in [7, 11) is -3.67. The summed E-state index contributed by atoms with van der Waals surface area (Å²) in [5.74, 6) is 0.186. The molecule has 2 rings (SSSR count). The van der Waals surface area contributed by atoms with Crippen LogP contribution < -0.4 is 9.62 Å². The Morgan fingerprint density at radius 1 is 1.33 bits per heavy atom. The predicted octanol–water partition coefficient (Wildman–Crippen LogP) is 2.79. The molecule has 1 aromatic carbocycles. The summed E-state index contributed by atoms with van der Waals surface area (Å²) in [6.07, 6.45) is 2.88. The van der Waals surface area contributed by atoms with Crippen molar-refractivity contribution in [2.24, 2.45) is 0 Å². The fourth-order valence-corrected chi connectivity index (χ4v) is 3.77. The van der Waals surface area contributed by atoms with E-state index in [1.807, 2.05) is 0 Å². The van der Waals surface area contributed by atoms with E-state index >= 15 is 0 Å². The first-order valence-corrected chi connectivity index (χ1v) is 9.60. The normalized spacial score (nSPS) is 12.6. The van der Waals surface area contributed by atoms with Gasteiger partial charge in [-0.15, -0.1) is 0 Å². The van der Waals surface area contributed by atoms with E-state index in [1.165, 1.54) is 12.3 Å². The van der Waals surface area contributed by atoms with Crippen molar-refractivity contribution in [3.63, 3.8) is 0 Å². The number of hydrogen-bond acceptors (Lipinski definition) is 4. The Morgan fingerprint density at radius 3 is 2.62 bits per heavy atom. The van der Waals surface area contributed by atoms with E-state index in [1.54, 1.807) is 37.3 Å². The van der Waals surface area contributed by atoms with E-state index in [9.17, 15) is 13.2 Å². The molecule has 0 bridgehead atoms. The summed E-state index contributed by atoms with van der Waals surface area (Å²) in [5.41, 5.74) is 0.352. The van der Waals surface area contributed by atoms with Crippen LogP contribution in [0, 0.1) is 0 Å². The minimum absolute atomic E-state index is 0.190. The van der Waals surface area contributed by atoms with Crippen molar-refractivity contribution >= 4 is 33.2 Å². The number of benzene rings is 1. The van der Waals surface area contributed by atoms with E-state index in [2.05, 4.69) is 5.32 Å². The van der Waals surface area contributed by atoms with Crippen LogP contribution in [0.1, 0.15) is 19.1 Å². The first-order chi connectivity index (χ1) is 11.3. The quantitative estimate of drug-likeness (QED) is 0.812. The molecule has 2 aromatic rings. The molecule has 1 aromatic heterocycles. The first kappa shape index (κ1) is 18.4. The van der Waals surface area contributed by atoms with Crippen LogP contribution in [0.5, 0.6) is 0 Å². The van der Waals surface area contributed by atoms with Gasteiger partial charge in [-0.05, 0) is 36.8 Å². The lowest BCUT2D eigenvalue weighted by Gasteiger charge is -2.30. The van der Waals surface area contributed by atoms with Crippen molar-refractivity contribution in [3.05, 3.63) is 53.4 Å². The first-order valence-electron chi connectivity index (χ1n) is 7.38. The zero-order valence-corrected chi connectivity index (χ0v) is 15.0. The van der Waals surface area contributed by atoms with Gasteiger partial charge < -0.3 is 9.73 Å². The van der Waals surface area contributed by atoms with Crippen molar-refractivity contribution in [1.82, 2.24) is 5.32 Å². The Bertz CT molecular complexity index is 790. The van der Waals surface area contributed by atoms with Gasteiger partial charge in [0.15, 0.2) is 0 Å². The topological polar surface area (TPSA) is 79.6 Å². The number of rotatable bonds is 7. The average Bonchev–Trinajstić information content (AvgIpc) is 3.02. The fraction of sp³-hybridized carbons (Fsp3) is 0.312.